The number of ether oxygens (including phenoxy) is 1. The molecule has 2 saturated heterocycles. The van der Waals surface area contributed by atoms with E-state index in [9.17, 15) is 4.79 Å². The maximum atomic E-state index is 11.3. The second kappa shape index (κ2) is 5.50. The van der Waals surface area contributed by atoms with Crippen LogP contribution in [0.5, 0.6) is 0 Å². The van der Waals surface area contributed by atoms with E-state index in [-0.39, 0.29) is 5.97 Å². The number of rotatable bonds is 3. The Morgan fingerprint density at radius 3 is 2.75 bits per heavy atom. The molecule has 2 aliphatic rings. The van der Waals surface area contributed by atoms with Gasteiger partial charge in [0.15, 0.2) is 2.74 Å². The minimum atomic E-state index is -0.265. The molecule has 0 saturated carbocycles. The summed E-state index contributed by atoms with van der Waals surface area (Å²) in [6.07, 6.45) is 0. The first-order valence-electron chi connectivity index (χ1n) is 5.04. The molecule has 0 aromatic rings. The Labute approximate surface area is 113 Å². The summed E-state index contributed by atoms with van der Waals surface area (Å²) in [4.78, 5) is 11.3. The van der Waals surface area contributed by atoms with Gasteiger partial charge in [-0.25, -0.2) is 4.79 Å². The van der Waals surface area contributed by atoms with E-state index in [0.29, 0.717) is 20.2 Å². The first-order valence-corrected chi connectivity index (χ1v) is 8.87. The van der Waals surface area contributed by atoms with Gasteiger partial charge in [-0.1, -0.05) is 6.58 Å². The standard InChI is InChI=1S/C10H14O2S4/c1-7(2)9(11)12-5-8-6-15-10(16-8)13-3-4-14-10/h8H,1,3-6H2,2H3. The molecule has 2 rings (SSSR count). The van der Waals surface area contributed by atoms with E-state index in [4.69, 9.17) is 4.74 Å². The summed E-state index contributed by atoms with van der Waals surface area (Å²) in [7, 11) is 0. The predicted octanol–water partition coefficient (Wildman–Crippen LogP) is 3.05. The fraction of sp³-hybridized carbons (Fsp3) is 0.700. The number of hydrogen-bond acceptors (Lipinski definition) is 6. The van der Waals surface area contributed by atoms with Crippen molar-refractivity contribution >= 4 is 53.0 Å². The lowest BCUT2D eigenvalue weighted by atomic mass is 10.4. The molecule has 0 bridgehead atoms. The lowest BCUT2D eigenvalue weighted by Crippen LogP contribution is -2.16. The van der Waals surface area contributed by atoms with E-state index in [2.05, 4.69) is 6.58 Å². The highest BCUT2D eigenvalue weighted by molar-refractivity contribution is 8.50. The summed E-state index contributed by atoms with van der Waals surface area (Å²) < 4.78 is 5.49. The third kappa shape index (κ3) is 3.09. The van der Waals surface area contributed by atoms with Gasteiger partial charge in [-0.05, 0) is 6.92 Å². The Morgan fingerprint density at radius 2 is 2.12 bits per heavy atom. The smallest absolute Gasteiger partial charge is 0.333 e. The lowest BCUT2D eigenvalue weighted by Gasteiger charge is -2.18. The second-order valence-corrected chi connectivity index (χ2v) is 10.5. The number of thioether (sulfide) groups is 4. The van der Waals surface area contributed by atoms with Crippen LogP contribution in [0.3, 0.4) is 0 Å². The number of esters is 1. The van der Waals surface area contributed by atoms with E-state index in [1.54, 1.807) is 6.92 Å². The maximum Gasteiger partial charge on any atom is 0.333 e. The zero-order valence-electron chi connectivity index (χ0n) is 9.06. The molecule has 1 atom stereocenters. The Morgan fingerprint density at radius 1 is 1.44 bits per heavy atom. The zero-order chi connectivity index (χ0) is 11.6. The van der Waals surface area contributed by atoms with Crippen LogP contribution in [-0.4, -0.2) is 37.8 Å². The topological polar surface area (TPSA) is 26.3 Å². The van der Waals surface area contributed by atoms with Crippen LogP contribution in [0.15, 0.2) is 12.2 Å². The Hall–Kier alpha value is 0.610. The molecule has 2 heterocycles. The van der Waals surface area contributed by atoms with Crippen molar-refractivity contribution in [2.75, 3.05) is 23.9 Å². The summed E-state index contributed by atoms with van der Waals surface area (Å²) in [6, 6.07) is 0. The molecule has 6 heteroatoms. The Bertz CT molecular complexity index is 299. The fourth-order valence-corrected chi connectivity index (χ4v) is 9.19. The Kier molecular flexibility index (Phi) is 4.49. The van der Waals surface area contributed by atoms with E-state index in [0.717, 1.165) is 5.75 Å². The quantitative estimate of drug-likeness (QED) is 0.586. The SMILES string of the molecule is C=C(C)C(=O)OCC1CSC2(SCCS2)S1. The molecule has 90 valence electrons. The van der Waals surface area contributed by atoms with Crippen LogP contribution in [0.4, 0.5) is 0 Å². The van der Waals surface area contributed by atoms with Gasteiger partial charge in [0.25, 0.3) is 0 Å². The van der Waals surface area contributed by atoms with Crippen molar-refractivity contribution in [1.29, 1.82) is 0 Å². The van der Waals surface area contributed by atoms with Gasteiger partial charge < -0.3 is 4.74 Å². The van der Waals surface area contributed by atoms with Crippen molar-refractivity contribution in [3.8, 4) is 0 Å². The summed E-state index contributed by atoms with van der Waals surface area (Å²) >= 11 is 8.01. The molecular formula is C10H14O2S4. The van der Waals surface area contributed by atoms with Crippen LogP contribution in [-0.2, 0) is 9.53 Å². The minimum absolute atomic E-state index is 0.265. The van der Waals surface area contributed by atoms with Gasteiger partial charge in [0.1, 0.15) is 6.61 Å². The van der Waals surface area contributed by atoms with E-state index < -0.39 is 0 Å². The molecule has 0 N–H and O–H groups in total. The summed E-state index contributed by atoms with van der Waals surface area (Å²) in [5, 5.41) is 0.436. The summed E-state index contributed by atoms with van der Waals surface area (Å²) in [6.45, 7) is 5.78. The normalized spacial score (nSPS) is 27.2. The van der Waals surface area contributed by atoms with Gasteiger partial charge in [0.05, 0.1) is 5.25 Å². The third-order valence-electron chi connectivity index (χ3n) is 2.15. The maximum absolute atomic E-state index is 11.3. The zero-order valence-corrected chi connectivity index (χ0v) is 12.3. The van der Waals surface area contributed by atoms with Crippen LogP contribution in [0.25, 0.3) is 0 Å². The van der Waals surface area contributed by atoms with Crippen molar-refractivity contribution in [2.45, 2.75) is 14.9 Å². The highest BCUT2D eigenvalue weighted by Crippen LogP contribution is 2.64. The van der Waals surface area contributed by atoms with E-state index >= 15 is 0 Å². The van der Waals surface area contributed by atoms with Crippen molar-refractivity contribution in [3.05, 3.63) is 12.2 Å². The van der Waals surface area contributed by atoms with Crippen molar-refractivity contribution in [1.82, 2.24) is 0 Å². The Balaban J connectivity index is 1.77. The molecule has 0 aliphatic carbocycles. The molecule has 0 aromatic carbocycles. The first-order chi connectivity index (χ1) is 7.61. The summed E-state index contributed by atoms with van der Waals surface area (Å²) in [5.74, 6) is 3.29. The lowest BCUT2D eigenvalue weighted by molar-refractivity contribution is -0.138. The molecule has 2 fully saturated rings. The van der Waals surface area contributed by atoms with Crippen LogP contribution in [0, 0.1) is 0 Å². The molecule has 1 spiro atoms. The largest absolute Gasteiger partial charge is 0.461 e. The molecule has 0 radical (unpaired) electrons. The van der Waals surface area contributed by atoms with Crippen molar-refractivity contribution in [2.24, 2.45) is 0 Å². The van der Waals surface area contributed by atoms with Crippen LogP contribution in [0.2, 0.25) is 0 Å². The van der Waals surface area contributed by atoms with E-state index in [1.807, 2.05) is 47.0 Å². The number of carbonyl (C=O) groups is 1. The van der Waals surface area contributed by atoms with Gasteiger partial charge in [0, 0.05) is 22.8 Å². The molecule has 2 aliphatic heterocycles. The third-order valence-corrected chi connectivity index (χ3v) is 10.0. The number of carbonyl (C=O) groups excluding carboxylic acids is 1. The fourth-order valence-electron chi connectivity index (χ4n) is 1.37. The van der Waals surface area contributed by atoms with Gasteiger partial charge in [-0.3, -0.25) is 0 Å². The highest BCUT2D eigenvalue weighted by Gasteiger charge is 2.44. The van der Waals surface area contributed by atoms with Crippen LogP contribution < -0.4 is 0 Å². The highest BCUT2D eigenvalue weighted by atomic mass is 32.3. The molecule has 16 heavy (non-hydrogen) atoms. The van der Waals surface area contributed by atoms with E-state index in [1.165, 1.54) is 11.5 Å². The molecule has 0 amide bonds. The first kappa shape index (κ1) is 13.1. The number of hydrogen-bond donors (Lipinski definition) is 0. The summed E-state index contributed by atoms with van der Waals surface area (Å²) in [5.41, 5.74) is 0.481. The predicted molar refractivity (Wildman–Crippen MR) is 77.3 cm³/mol. The average Bonchev–Trinajstić information content (AvgIpc) is 2.86. The van der Waals surface area contributed by atoms with Crippen molar-refractivity contribution in [3.63, 3.8) is 0 Å². The van der Waals surface area contributed by atoms with Crippen LogP contribution in [0.1, 0.15) is 6.92 Å². The molecule has 2 nitrogen and oxygen atoms in total. The monoisotopic (exact) mass is 294 g/mol. The van der Waals surface area contributed by atoms with Gasteiger partial charge in [0.2, 0.25) is 0 Å². The minimum Gasteiger partial charge on any atom is -0.461 e. The van der Waals surface area contributed by atoms with Crippen molar-refractivity contribution < 1.29 is 9.53 Å². The van der Waals surface area contributed by atoms with Gasteiger partial charge >= 0.3 is 5.97 Å². The molecule has 0 aromatic heterocycles. The molecular weight excluding hydrogens is 280 g/mol. The molecule has 1 unspecified atom stereocenters. The van der Waals surface area contributed by atoms with Gasteiger partial charge in [-0.15, -0.1) is 47.0 Å². The van der Waals surface area contributed by atoms with Gasteiger partial charge in [-0.2, -0.15) is 0 Å². The second-order valence-electron chi connectivity index (χ2n) is 3.63. The average molecular weight is 294 g/mol. The van der Waals surface area contributed by atoms with Crippen LogP contribution >= 0.6 is 47.0 Å².